The molecule has 32 heavy (non-hydrogen) atoms. The van der Waals surface area contributed by atoms with Gasteiger partial charge in [0.1, 0.15) is 17.2 Å². The summed E-state index contributed by atoms with van der Waals surface area (Å²) < 4.78 is 22.0. The van der Waals surface area contributed by atoms with Crippen LogP contribution in [0.25, 0.3) is 0 Å². The van der Waals surface area contributed by atoms with Crippen molar-refractivity contribution < 1.29 is 28.8 Å². The van der Waals surface area contributed by atoms with Gasteiger partial charge in [-0.2, -0.15) is 0 Å². The van der Waals surface area contributed by atoms with Gasteiger partial charge in [0.15, 0.2) is 17.3 Å². The van der Waals surface area contributed by atoms with Crippen LogP contribution < -0.4 is 18.9 Å². The normalized spacial score (nSPS) is 10.5. The molecule has 0 heterocycles. The van der Waals surface area contributed by atoms with E-state index in [1.54, 1.807) is 57.5 Å². The fourth-order valence-corrected chi connectivity index (χ4v) is 3.25. The lowest BCUT2D eigenvalue weighted by Crippen LogP contribution is -2.06. The van der Waals surface area contributed by atoms with Crippen LogP contribution in [0.2, 0.25) is 0 Å². The van der Waals surface area contributed by atoms with Gasteiger partial charge >= 0.3 is 0 Å². The Morgan fingerprint density at radius 3 is 2.19 bits per heavy atom. The van der Waals surface area contributed by atoms with E-state index in [2.05, 4.69) is 0 Å². The Labute approximate surface area is 188 Å². The molecule has 3 aromatic rings. The molecule has 168 valence electrons. The molecule has 0 amide bonds. The number of carbonyl (C=O) groups is 1. The quantitative estimate of drug-likeness (QED) is 0.330. The number of ether oxygens (including phenoxy) is 4. The van der Waals surface area contributed by atoms with Gasteiger partial charge in [0.25, 0.3) is 0 Å². The molecule has 0 fully saturated rings. The second kappa shape index (κ2) is 11.1. The molecule has 6 nitrogen and oxygen atoms in total. The third kappa shape index (κ3) is 5.52. The molecule has 3 rings (SSSR count). The molecule has 0 aliphatic heterocycles. The van der Waals surface area contributed by atoms with E-state index < -0.39 is 0 Å². The zero-order chi connectivity index (χ0) is 22.9. The number of para-hydroxylation sites is 2. The summed E-state index contributed by atoms with van der Waals surface area (Å²) in [6.07, 6.45) is 1.58. The highest BCUT2D eigenvalue weighted by Gasteiger charge is 2.18. The highest BCUT2D eigenvalue weighted by molar-refractivity contribution is 6.11. The van der Waals surface area contributed by atoms with Crippen LogP contribution in [0.3, 0.4) is 0 Å². The minimum Gasteiger partial charge on any atom is -0.507 e. The molecule has 3 aromatic carbocycles. The van der Waals surface area contributed by atoms with Gasteiger partial charge in [-0.1, -0.05) is 24.3 Å². The summed E-state index contributed by atoms with van der Waals surface area (Å²) in [4.78, 5) is 12.8. The smallest absolute Gasteiger partial charge is 0.196 e. The van der Waals surface area contributed by atoms with Crippen LogP contribution in [0.15, 0.2) is 60.7 Å². The van der Waals surface area contributed by atoms with E-state index in [1.807, 2.05) is 24.3 Å². The van der Waals surface area contributed by atoms with Crippen LogP contribution >= 0.6 is 0 Å². The Hall–Kier alpha value is -3.67. The van der Waals surface area contributed by atoms with Gasteiger partial charge in [-0.3, -0.25) is 4.79 Å². The molecular weight excluding hydrogens is 408 g/mol. The van der Waals surface area contributed by atoms with Gasteiger partial charge in [-0.15, -0.1) is 0 Å². The van der Waals surface area contributed by atoms with Crippen LogP contribution in [-0.2, 0) is 0 Å². The molecule has 0 saturated heterocycles. The van der Waals surface area contributed by atoms with Crippen molar-refractivity contribution in [2.45, 2.75) is 19.8 Å². The van der Waals surface area contributed by atoms with Crippen molar-refractivity contribution in [2.75, 3.05) is 27.4 Å². The van der Waals surface area contributed by atoms with E-state index in [1.165, 1.54) is 0 Å². The van der Waals surface area contributed by atoms with E-state index in [0.717, 1.165) is 12.8 Å². The Morgan fingerprint density at radius 1 is 0.812 bits per heavy atom. The van der Waals surface area contributed by atoms with Crippen molar-refractivity contribution in [3.8, 4) is 28.7 Å². The number of phenols is 1. The maximum Gasteiger partial charge on any atom is 0.196 e. The predicted molar refractivity (Wildman–Crippen MR) is 122 cm³/mol. The van der Waals surface area contributed by atoms with Crippen molar-refractivity contribution >= 4 is 5.78 Å². The molecule has 1 N–H and O–H groups in total. The fourth-order valence-electron chi connectivity index (χ4n) is 3.25. The first-order valence-corrected chi connectivity index (χ1v) is 10.4. The molecule has 6 heteroatoms. The average Bonchev–Trinajstić information content (AvgIpc) is 2.83. The second-order valence-electron chi connectivity index (χ2n) is 7.20. The number of rotatable bonds is 11. The molecule has 0 atom stereocenters. The lowest BCUT2D eigenvalue weighted by molar-refractivity contribution is 0.103. The molecule has 0 saturated carbocycles. The average molecular weight is 437 g/mol. The van der Waals surface area contributed by atoms with Gasteiger partial charge < -0.3 is 24.1 Å². The van der Waals surface area contributed by atoms with E-state index in [4.69, 9.17) is 18.9 Å². The van der Waals surface area contributed by atoms with E-state index >= 15 is 0 Å². The first-order chi connectivity index (χ1) is 15.5. The van der Waals surface area contributed by atoms with Gasteiger partial charge in [0, 0.05) is 11.1 Å². The molecular formula is C26H28O6. The van der Waals surface area contributed by atoms with Gasteiger partial charge in [0.05, 0.1) is 33.0 Å². The molecule has 0 spiro atoms. The monoisotopic (exact) mass is 436 g/mol. The topological polar surface area (TPSA) is 74.2 Å². The molecule has 0 bridgehead atoms. The Bertz CT molecular complexity index is 1060. The van der Waals surface area contributed by atoms with Gasteiger partial charge in [-0.25, -0.2) is 0 Å². The highest BCUT2D eigenvalue weighted by Crippen LogP contribution is 2.32. The van der Waals surface area contributed by atoms with Crippen LogP contribution in [-0.4, -0.2) is 38.3 Å². The first kappa shape index (κ1) is 23.0. The third-order valence-electron chi connectivity index (χ3n) is 5.08. The molecule has 0 radical (unpaired) electrons. The number of aromatic hydroxyl groups is 1. The summed E-state index contributed by atoms with van der Waals surface area (Å²) in [7, 11) is 3.16. The summed E-state index contributed by atoms with van der Waals surface area (Å²) in [5, 5.41) is 10.6. The Kier molecular flexibility index (Phi) is 7.97. The largest absolute Gasteiger partial charge is 0.507 e. The van der Waals surface area contributed by atoms with E-state index in [-0.39, 0.29) is 17.1 Å². The van der Waals surface area contributed by atoms with Crippen LogP contribution in [0.5, 0.6) is 28.7 Å². The first-order valence-electron chi connectivity index (χ1n) is 10.4. The van der Waals surface area contributed by atoms with Gasteiger partial charge in [-0.05, 0) is 56.2 Å². The van der Waals surface area contributed by atoms with Crippen molar-refractivity contribution in [3.63, 3.8) is 0 Å². The van der Waals surface area contributed by atoms with Crippen molar-refractivity contribution in [1.29, 1.82) is 0 Å². The van der Waals surface area contributed by atoms with Crippen molar-refractivity contribution in [2.24, 2.45) is 0 Å². The van der Waals surface area contributed by atoms with Crippen LogP contribution in [0.1, 0.15) is 34.3 Å². The predicted octanol–water partition coefficient (Wildman–Crippen LogP) is 5.19. The number of ketones is 1. The number of hydrogen-bond donors (Lipinski definition) is 1. The Balaban J connectivity index is 1.53. The Morgan fingerprint density at radius 2 is 1.50 bits per heavy atom. The number of methoxy groups -OCH3 is 2. The number of carbonyl (C=O) groups excluding carboxylic acids is 1. The standard InChI is InChI=1S/C26H28O6/c1-18-22(31-15-6-7-16-32-24-12-5-4-11-23(24)30-3)14-13-21(25(18)27)26(28)19-9-8-10-20(17-19)29-2/h4-5,8-14,17,27H,6-7,15-16H2,1-3H3. The number of phenolic OH excluding ortho intramolecular Hbond substituents is 1. The summed E-state index contributed by atoms with van der Waals surface area (Å²) in [5.74, 6) is 2.21. The second-order valence-corrected chi connectivity index (χ2v) is 7.20. The van der Waals surface area contributed by atoms with E-state index in [0.29, 0.717) is 47.3 Å². The van der Waals surface area contributed by atoms with E-state index in [9.17, 15) is 9.90 Å². The fraction of sp³-hybridized carbons (Fsp3) is 0.269. The molecule has 0 unspecified atom stereocenters. The minimum absolute atomic E-state index is 0.0742. The minimum atomic E-state index is -0.274. The summed E-state index contributed by atoms with van der Waals surface area (Å²) in [5.41, 5.74) is 1.21. The van der Waals surface area contributed by atoms with Crippen LogP contribution in [0, 0.1) is 6.92 Å². The van der Waals surface area contributed by atoms with Gasteiger partial charge in [0.2, 0.25) is 0 Å². The van der Waals surface area contributed by atoms with Crippen LogP contribution in [0.4, 0.5) is 0 Å². The SMILES string of the molecule is COc1cccc(C(=O)c2ccc(OCCCCOc3ccccc3OC)c(C)c2O)c1. The molecule has 0 aliphatic carbocycles. The third-order valence-corrected chi connectivity index (χ3v) is 5.08. The number of unbranched alkanes of at least 4 members (excludes halogenated alkanes) is 1. The zero-order valence-corrected chi connectivity index (χ0v) is 18.6. The van der Waals surface area contributed by atoms with Crippen molar-refractivity contribution in [3.05, 3.63) is 77.4 Å². The van der Waals surface area contributed by atoms with Crippen molar-refractivity contribution in [1.82, 2.24) is 0 Å². The lowest BCUT2D eigenvalue weighted by atomic mass is 9.99. The lowest BCUT2D eigenvalue weighted by Gasteiger charge is -2.14. The number of hydrogen-bond acceptors (Lipinski definition) is 6. The maximum absolute atomic E-state index is 12.8. The summed E-state index contributed by atoms with van der Waals surface area (Å²) in [6, 6.07) is 17.7. The molecule has 0 aliphatic rings. The zero-order valence-electron chi connectivity index (χ0n) is 18.6. The summed E-state index contributed by atoms with van der Waals surface area (Å²) >= 11 is 0. The highest BCUT2D eigenvalue weighted by atomic mass is 16.5. The number of benzene rings is 3. The maximum atomic E-state index is 12.8. The molecule has 0 aromatic heterocycles. The summed E-state index contributed by atoms with van der Waals surface area (Å²) in [6.45, 7) is 2.75.